The van der Waals surface area contributed by atoms with E-state index in [0.717, 1.165) is 30.4 Å². The molecule has 0 fully saturated rings. The van der Waals surface area contributed by atoms with Crippen LogP contribution in [0.4, 0.5) is 0 Å². The zero-order valence-corrected chi connectivity index (χ0v) is 8.55. The Kier molecular flexibility index (Phi) is 2.15. The first-order valence-electron chi connectivity index (χ1n) is 4.50. The van der Waals surface area contributed by atoms with Crippen LogP contribution < -0.4 is 0 Å². The Morgan fingerprint density at radius 3 is 2.86 bits per heavy atom. The molecule has 0 saturated carbocycles. The monoisotopic (exact) mass is 209 g/mol. The van der Waals surface area contributed by atoms with Crippen molar-refractivity contribution in [1.29, 1.82) is 0 Å². The lowest BCUT2D eigenvalue weighted by atomic mass is 10.2. The van der Waals surface area contributed by atoms with Crippen molar-refractivity contribution < 1.29 is 8.42 Å². The van der Waals surface area contributed by atoms with Crippen LogP contribution in [0.2, 0.25) is 0 Å². The molecule has 0 bridgehead atoms. The van der Waals surface area contributed by atoms with Gasteiger partial charge in [-0.3, -0.25) is 0 Å². The molecule has 0 radical (unpaired) electrons. The number of pyridine rings is 1. The number of hydrogen-bond acceptors (Lipinski definition) is 3. The van der Waals surface area contributed by atoms with Crippen molar-refractivity contribution >= 4 is 9.84 Å². The van der Waals surface area contributed by atoms with Gasteiger partial charge in [0.1, 0.15) is 0 Å². The summed E-state index contributed by atoms with van der Waals surface area (Å²) < 4.78 is 22.8. The highest BCUT2D eigenvalue weighted by Crippen LogP contribution is 2.21. The Morgan fingerprint density at radius 2 is 2.14 bits per heavy atom. The van der Waals surface area contributed by atoms with Crippen LogP contribution >= 0.6 is 0 Å². The number of sulfone groups is 1. The molecule has 14 heavy (non-hydrogen) atoms. The number of hydrogen-bond donors (Lipinski definition) is 0. The molecular formula is C10H11NO2S. The highest BCUT2D eigenvalue weighted by Gasteiger charge is 2.17. The standard InChI is InChI=1S/C10H11NO2S/c1-2-14(12,13)10-7-6-8-4-3-5-9(8)11-10/h2,6-7H,1,3-5H2. The fourth-order valence-electron chi connectivity index (χ4n) is 1.64. The number of rotatable bonds is 2. The fourth-order valence-corrected chi connectivity index (χ4v) is 2.31. The summed E-state index contributed by atoms with van der Waals surface area (Å²) in [6.45, 7) is 3.27. The number of fused-ring (bicyclic) bond motifs is 1. The molecule has 3 nitrogen and oxygen atoms in total. The third-order valence-electron chi connectivity index (χ3n) is 2.41. The molecule has 1 aromatic rings. The highest BCUT2D eigenvalue weighted by molar-refractivity contribution is 7.94. The second-order valence-corrected chi connectivity index (χ2v) is 5.16. The van der Waals surface area contributed by atoms with Crippen LogP contribution in [-0.4, -0.2) is 13.4 Å². The van der Waals surface area contributed by atoms with Crippen LogP contribution in [0.5, 0.6) is 0 Å². The van der Waals surface area contributed by atoms with E-state index in [1.54, 1.807) is 6.07 Å². The third-order valence-corrected chi connectivity index (χ3v) is 3.66. The van der Waals surface area contributed by atoms with E-state index >= 15 is 0 Å². The molecule has 1 aliphatic carbocycles. The van der Waals surface area contributed by atoms with Gasteiger partial charge in [0.05, 0.1) is 0 Å². The van der Waals surface area contributed by atoms with Crippen LogP contribution in [-0.2, 0) is 22.7 Å². The van der Waals surface area contributed by atoms with Crippen LogP contribution in [0, 0.1) is 0 Å². The molecule has 1 aliphatic rings. The third kappa shape index (κ3) is 1.46. The Labute approximate surface area is 83.4 Å². The second kappa shape index (κ2) is 3.20. The van der Waals surface area contributed by atoms with Gasteiger partial charge in [0, 0.05) is 11.1 Å². The van der Waals surface area contributed by atoms with E-state index < -0.39 is 9.84 Å². The lowest BCUT2D eigenvalue weighted by Crippen LogP contribution is -2.01. The van der Waals surface area contributed by atoms with E-state index in [1.807, 2.05) is 6.07 Å². The lowest BCUT2D eigenvalue weighted by molar-refractivity contribution is 0.600. The molecule has 4 heteroatoms. The van der Waals surface area contributed by atoms with Gasteiger partial charge in [0.15, 0.2) is 5.03 Å². The Morgan fingerprint density at radius 1 is 1.36 bits per heavy atom. The smallest absolute Gasteiger partial charge is 0.216 e. The van der Waals surface area contributed by atoms with E-state index in [9.17, 15) is 8.42 Å². The van der Waals surface area contributed by atoms with Gasteiger partial charge in [0.2, 0.25) is 9.84 Å². The summed E-state index contributed by atoms with van der Waals surface area (Å²) >= 11 is 0. The molecule has 0 amide bonds. The zero-order chi connectivity index (χ0) is 10.2. The first-order valence-corrected chi connectivity index (χ1v) is 6.04. The molecule has 74 valence electrons. The molecule has 0 saturated heterocycles. The maximum Gasteiger partial charge on any atom is 0.216 e. The summed E-state index contributed by atoms with van der Waals surface area (Å²) in [5, 5.41) is 1.06. The normalized spacial score (nSPS) is 15.1. The Bertz CT molecular complexity index is 477. The van der Waals surface area contributed by atoms with Gasteiger partial charge in [-0.05, 0) is 30.9 Å². The second-order valence-electron chi connectivity index (χ2n) is 3.32. The van der Waals surface area contributed by atoms with Crippen molar-refractivity contribution in [1.82, 2.24) is 4.98 Å². The van der Waals surface area contributed by atoms with Gasteiger partial charge < -0.3 is 0 Å². The van der Waals surface area contributed by atoms with Crippen LogP contribution in [0.1, 0.15) is 17.7 Å². The summed E-state index contributed by atoms with van der Waals surface area (Å²) in [5.41, 5.74) is 2.10. The number of nitrogens with zero attached hydrogens (tertiary/aromatic N) is 1. The largest absolute Gasteiger partial charge is 0.241 e. The molecule has 1 heterocycles. The molecule has 0 spiro atoms. The molecule has 0 unspecified atom stereocenters. The Hall–Kier alpha value is -1.16. The van der Waals surface area contributed by atoms with Crippen LogP contribution in [0.3, 0.4) is 0 Å². The maximum absolute atomic E-state index is 11.4. The van der Waals surface area contributed by atoms with E-state index in [-0.39, 0.29) is 5.03 Å². The summed E-state index contributed by atoms with van der Waals surface area (Å²) in [7, 11) is -3.37. The van der Waals surface area contributed by atoms with Gasteiger partial charge in [-0.2, -0.15) is 0 Å². The van der Waals surface area contributed by atoms with Crippen molar-refractivity contribution in [2.75, 3.05) is 0 Å². The van der Waals surface area contributed by atoms with Crippen molar-refractivity contribution in [2.24, 2.45) is 0 Å². The summed E-state index contributed by atoms with van der Waals surface area (Å²) in [4.78, 5) is 4.14. The molecule has 2 rings (SSSR count). The Balaban J connectivity index is 2.53. The predicted octanol–water partition coefficient (Wildman–Crippen LogP) is 1.49. The van der Waals surface area contributed by atoms with E-state index in [2.05, 4.69) is 11.6 Å². The van der Waals surface area contributed by atoms with Gasteiger partial charge in [-0.15, -0.1) is 0 Å². The van der Waals surface area contributed by atoms with Crippen LogP contribution in [0.25, 0.3) is 0 Å². The van der Waals surface area contributed by atoms with Crippen molar-refractivity contribution in [3.05, 3.63) is 35.4 Å². The number of aryl methyl sites for hydroxylation is 2. The van der Waals surface area contributed by atoms with Crippen molar-refractivity contribution in [2.45, 2.75) is 24.3 Å². The first kappa shape index (κ1) is 9.40. The SMILES string of the molecule is C=CS(=O)(=O)c1ccc2c(n1)CCC2. The van der Waals surface area contributed by atoms with Crippen molar-refractivity contribution in [3.8, 4) is 0 Å². The fraction of sp³-hybridized carbons (Fsp3) is 0.300. The topological polar surface area (TPSA) is 47.0 Å². The van der Waals surface area contributed by atoms with Crippen molar-refractivity contribution in [3.63, 3.8) is 0 Å². The van der Waals surface area contributed by atoms with Gasteiger partial charge in [-0.25, -0.2) is 13.4 Å². The first-order chi connectivity index (χ1) is 6.63. The molecule has 0 N–H and O–H groups in total. The molecular weight excluding hydrogens is 198 g/mol. The minimum atomic E-state index is -3.37. The summed E-state index contributed by atoms with van der Waals surface area (Å²) in [6.07, 6.45) is 2.96. The molecule has 0 atom stereocenters. The minimum absolute atomic E-state index is 0.119. The quantitative estimate of drug-likeness (QED) is 0.741. The van der Waals surface area contributed by atoms with Gasteiger partial charge in [0.25, 0.3) is 0 Å². The maximum atomic E-state index is 11.4. The summed E-state index contributed by atoms with van der Waals surface area (Å²) in [6, 6.07) is 3.41. The molecule has 0 aromatic carbocycles. The van der Waals surface area contributed by atoms with Gasteiger partial charge >= 0.3 is 0 Å². The average Bonchev–Trinajstić information content (AvgIpc) is 2.64. The minimum Gasteiger partial charge on any atom is -0.241 e. The summed E-state index contributed by atoms with van der Waals surface area (Å²) in [5.74, 6) is 0. The average molecular weight is 209 g/mol. The molecule has 0 aliphatic heterocycles. The van der Waals surface area contributed by atoms with E-state index in [4.69, 9.17) is 0 Å². The van der Waals surface area contributed by atoms with Gasteiger partial charge in [-0.1, -0.05) is 12.6 Å². The zero-order valence-electron chi connectivity index (χ0n) is 7.73. The van der Waals surface area contributed by atoms with E-state index in [0.29, 0.717) is 0 Å². The van der Waals surface area contributed by atoms with E-state index in [1.165, 1.54) is 5.56 Å². The predicted molar refractivity (Wildman–Crippen MR) is 53.6 cm³/mol. The molecule has 1 aromatic heterocycles. The van der Waals surface area contributed by atoms with Crippen LogP contribution in [0.15, 0.2) is 29.1 Å². The highest BCUT2D eigenvalue weighted by atomic mass is 32.2. The number of aromatic nitrogens is 1. The lowest BCUT2D eigenvalue weighted by Gasteiger charge is -2.01.